The summed E-state index contributed by atoms with van der Waals surface area (Å²) in [6, 6.07) is 8.08. The largest absolute Gasteiger partial charge is 0.272 e. The Bertz CT molecular complexity index is 447. The second kappa shape index (κ2) is 4.67. The molecule has 3 rings (SSSR count). The van der Waals surface area contributed by atoms with Crippen LogP contribution in [0.25, 0.3) is 0 Å². The molecule has 1 aromatic carbocycles. The third-order valence-corrected chi connectivity index (χ3v) is 4.31. The Labute approximate surface area is 115 Å². The predicted octanol–water partition coefficient (Wildman–Crippen LogP) is 3.03. The van der Waals surface area contributed by atoms with E-state index in [2.05, 4.69) is 15.9 Å². The number of rotatable bonds is 2. The highest BCUT2D eigenvalue weighted by atomic mass is 79.9. The molecule has 96 valence electrons. The molecule has 1 saturated heterocycles. The second-order valence-corrected chi connectivity index (χ2v) is 5.95. The van der Waals surface area contributed by atoms with Gasteiger partial charge in [0.15, 0.2) is 0 Å². The van der Waals surface area contributed by atoms with Gasteiger partial charge in [0.05, 0.1) is 12.0 Å². The van der Waals surface area contributed by atoms with Gasteiger partial charge in [-0.3, -0.25) is 9.63 Å². The van der Waals surface area contributed by atoms with E-state index in [4.69, 9.17) is 4.84 Å². The van der Waals surface area contributed by atoms with Gasteiger partial charge < -0.3 is 0 Å². The predicted molar refractivity (Wildman–Crippen MR) is 72.0 cm³/mol. The topological polar surface area (TPSA) is 29.5 Å². The summed E-state index contributed by atoms with van der Waals surface area (Å²) >= 11 is 3.43. The van der Waals surface area contributed by atoms with Crippen LogP contribution in [0.1, 0.15) is 31.2 Å². The SMILES string of the molecule is O=C(N1CCCCO1)C1(c2ccc(Br)cc2)CC1. The van der Waals surface area contributed by atoms with Crippen LogP contribution < -0.4 is 0 Å². The lowest BCUT2D eigenvalue weighted by atomic mass is 9.95. The van der Waals surface area contributed by atoms with Crippen LogP contribution in [0.3, 0.4) is 0 Å². The Balaban J connectivity index is 1.81. The minimum atomic E-state index is -0.308. The van der Waals surface area contributed by atoms with Crippen LogP contribution in [0.2, 0.25) is 0 Å². The molecule has 2 aliphatic rings. The molecule has 0 aromatic heterocycles. The zero-order valence-corrected chi connectivity index (χ0v) is 11.8. The molecule has 0 spiro atoms. The van der Waals surface area contributed by atoms with Gasteiger partial charge in [-0.25, -0.2) is 5.06 Å². The molecule has 1 saturated carbocycles. The van der Waals surface area contributed by atoms with E-state index in [1.807, 2.05) is 24.3 Å². The number of carbonyl (C=O) groups is 1. The van der Waals surface area contributed by atoms with Gasteiger partial charge in [-0.1, -0.05) is 28.1 Å². The van der Waals surface area contributed by atoms with E-state index in [0.29, 0.717) is 6.61 Å². The average molecular weight is 310 g/mol. The quantitative estimate of drug-likeness (QED) is 0.840. The molecule has 0 bridgehead atoms. The van der Waals surface area contributed by atoms with E-state index in [-0.39, 0.29) is 11.3 Å². The van der Waals surface area contributed by atoms with E-state index < -0.39 is 0 Å². The summed E-state index contributed by atoms with van der Waals surface area (Å²) in [7, 11) is 0. The van der Waals surface area contributed by atoms with Crippen molar-refractivity contribution < 1.29 is 9.63 Å². The Hall–Kier alpha value is -0.870. The maximum Gasteiger partial charge on any atom is 0.256 e. The van der Waals surface area contributed by atoms with Crippen molar-refractivity contribution in [1.82, 2.24) is 5.06 Å². The summed E-state index contributed by atoms with van der Waals surface area (Å²) in [6.07, 6.45) is 3.97. The molecule has 0 N–H and O–H groups in total. The molecule has 4 heteroatoms. The first-order valence-electron chi connectivity index (χ1n) is 6.43. The van der Waals surface area contributed by atoms with Crippen LogP contribution in [0.5, 0.6) is 0 Å². The fraction of sp³-hybridized carbons (Fsp3) is 0.500. The van der Waals surface area contributed by atoms with Crippen LogP contribution >= 0.6 is 15.9 Å². The fourth-order valence-corrected chi connectivity index (χ4v) is 2.78. The number of nitrogens with zero attached hydrogens (tertiary/aromatic N) is 1. The smallest absolute Gasteiger partial charge is 0.256 e. The van der Waals surface area contributed by atoms with E-state index >= 15 is 0 Å². The number of benzene rings is 1. The van der Waals surface area contributed by atoms with Gasteiger partial charge in [-0.05, 0) is 43.4 Å². The van der Waals surface area contributed by atoms with Crippen molar-refractivity contribution in [3.8, 4) is 0 Å². The number of hydrogen-bond donors (Lipinski definition) is 0. The van der Waals surface area contributed by atoms with Crippen molar-refractivity contribution >= 4 is 21.8 Å². The van der Waals surface area contributed by atoms with Gasteiger partial charge in [-0.2, -0.15) is 0 Å². The molecule has 0 atom stereocenters. The van der Waals surface area contributed by atoms with Crippen molar-refractivity contribution in [3.05, 3.63) is 34.3 Å². The van der Waals surface area contributed by atoms with Crippen LogP contribution in [-0.4, -0.2) is 24.1 Å². The molecule has 1 heterocycles. The maximum atomic E-state index is 12.6. The van der Waals surface area contributed by atoms with Gasteiger partial charge in [0.1, 0.15) is 0 Å². The summed E-state index contributed by atoms with van der Waals surface area (Å²) in [4.78, 5) is 18.0. The summed E-state index contributed by atoms with van der Waals surface area (Å²) in [5.41, 5.74) is 0.808. The first-order valence-corrected chi connectivity index (χ1v) is 7.23. The van der Waals surface area contributed by atoms with Gasteiger partial charge in [0.2, 0.25) is 0 Å². The molecule has 18 heavy (non-hydrogen) atoms. The van der Waals surface area contributed by atoms with E-state index in [1.54, 1.807) is 5.06 Å². The molecule has 1 aliphatic carbocycles. The van der Waals surface area contributed by atoms with E-state index in [9.17, 15) is 4.79 Å². The molecule has 3 nitrogen and oxygen atoms in total. The highest BCUT2D eigenvalue weighted by molar-refractivity contribution is 9.10. The lowest BCUT2D eigenvalue weighted by Gasteiger charge is -2.29. The average Bonchev–Trinajstić information content (AvgIpc) is 3.21. The second-order valence-electron chi connectivity index (χ2n) is 5.04. The first-order chi connectivity index (χ1) is 8.72. The van der Waals surface area contributed by atoms with Crippen LogP contribution in [0.15, 0.2) is 28.7 Å². The minimum absolute atomic E-state index is 0.143. The molecule has 0 radical (unpaired) electrons. The standard InChI is InChI=1S/C14H16BrNO2/c15-12-5-3-11(4-6-12)14(7-8-14)13(17)16-9-1-2-10-18-16/h3-6H,1-2,7-10H2. The number of hydrogen-bond acceptors (Lipinski definition) is 2. The van der Waals surface area contributed by atoms with E-state index in [1.165, 1.54) is 0 Å². The van der Waals surface area contributed by atoms with Gasteiger partial charge in [0.25, 0.3) is 5.91 Å². The lowest BCUT2D eigenvalue weighted by Crippen LogP contribution is -2.42. The molecule has 1 aromatic rings. The number of halogens is 1. The normalized spacial score (nSPS) is 21.7. The van der Waals surface area contributed by atoms with Gasteiger partial charge >= 0.3 is 0 Å². The Morgan fingerprint density at radius 3 is 2.50 bits per heavy atom. The van der Waals surface area contributed by atoms with Crippen molar-refractivity contribution in [2.45, 2.75) is 31.1 Å². The van der Waals surface area contributed by atoms with Crippen LogP contribution in [-0.2, 0) is 15.0 Å². The third kappa shape index (κ3) is 2.08. The molecular weight excluding hydrogens is 294 g/mol. The van der Waals surface area contributed by atoms with E-state index in [0.717, 1.165) is 42.3 Å². The highest BCUT2D eigenvalue weighted by Crippen LogP contribution is 2.50. The van der Waals surface area contributed by atoms with Crippen molar-refractivity contribution in [3.63, 3.8) is 0 Å². The highest BCUT2D eigenvalue weighted by Gasteiger charge is 2.53. The van der Waals surface area contributed by atoms with Crippen molar-refractivity contribution in [1.29, 1.82) is 0 Å². The lowest BCUT2D eigenvalue weighted by molar-refractivity contribution is -0.199. The summed E-state index contributed by atoms with van der Waals surface area (Å²) in [5, 5.41) is 1.58. The Kier molecular flexibility index (Phi) is 3.16. The zero-order chi connectivity index (χ0) is 12.6. The number of amides is 1. The van der Waals surface area contributed by atoms with Gasteiger partial charge in [0, 0.05) is 11.0 Å². The zero-order valence-electron chi connectivity index (χ0n) is 10.2. The maximum absolute atomic E-state index is 12.6. The van der Waals surface area contributed by atoms with Gasteiger partial charge in [-0.15, -0.1) is 0 Å². The summed E-state index contributed by atoms with van der Waals surface area (Å²) in [5.74, 6) is 0.143. The number of hydroxylamine groups is 2. The number of carbonyl (C=O) groups excluding carboxylic acids is 1. The Morgan fingerprint density at radius 2 is 1.94 bits per heavy atom. The monoisotopic (exact) mass is 309 g/mol. The molecule has 1 amide bonds. The summed E-state index contributed by atoms with van der Waals surface area (Å²) < 4.78 is 1.05. The molecule has 1 aliphatic heterocycles. The molecular formula is C14H16BrNO2. The fourth-order valence-electron chi connectivity index (χ4n) is 2.52. The molecule has 2 fully saturated rings. The van der Waals surface area contributed by atoms with Crippen LogP contribution in [0.4, 0.5) is 0 Å². The minimum Gasteiger partial charge on any atom is -0.272 e. The third-order valence-electron chi connectivity index (χ3n) is 3.79. The summed E-state index contributed by atoms with van der Waals surface area (Å²) in [6.45, 7) is 1.40. The van der Waals surface area contributed by atoms with Crippen molar-refractivity contribution in [2.24, 2.45) is 0 Å². The van der Waals surface area contributed by atoms with Crippen molar-refractivity contribution in [2.75, 3.05) is 13.2 Å². The Morgan fingerprint density at radius 1 is 1.22 bits per heavy atom. The molecule has 0 unspecified atom stereocenters. The first kappa shape index (κ1) is 12.2. The van der Waals surface area contributed by atoms with Crippen LogP contribution in [0, 0.1) is 0 Å².